The minimum atomic E-state index is 0.801. The first-order valence-electron chi connectivity index (χ1n) is 6.25. The molecule has 1 rings (SSSR count). The van der Waals surface area contributed by atoms with E-state index in [2.05, 4.69) is 18.7 Å². The maximum absolute atomic E-state index is 5.75. The molecule has 2 N–H and O–H groups in total. The third-order valence-corrected chi connectivity index (χ3v) is 3.72. The third-order valence-electron chi connectivity index (χ3n) is 3.72. The van der Waals surface area contributed by atoms with Crippen molar-refractivity contribution in [2.45, 2.75) is 52.0 Å². The number of rotatable bonds is 4. The average molecular weight is 198 g/mol. The van der Waals surface area contributed by atoms with E-state index in [0.717, 1.165) is 18.5 Å². The van der Waals surface area contributed by atoms with Crippen molar-refractivity contribution in [2.75, 3.05) is 19.6 Å². The molecule has 1 aliphatic carbocycles. The van der Waals surface area contributed by atoms with E-state index in [1.54, 1.807) is 0 Å². The van der Waals surface area contributed by atoms with E-state index in [4.69, 9.17) is 5.73 Å². The van der Waals surface area contributed by atoms with Crippen LogP contribution in [-0.2, 0) is 0 Å². The van der Waals surface area contributed by atoms with Crippen LogP contribution in [0.3, 0.4) is 0 Å². The van der Waals surface area contributed by atoms with Crippen LogP contribution in [0, 0.1) is 5.92 Å². The Labute approximate surface area is 88.8 Å². The zero-order chi connectivity index (χ0) is 10.4. The smallest absolute Gasteiger partial charge is 0.00951 e. The minimum absolute atomic E-state index is 0.801. The van der Waals surface area contributed by atoms with Crippen molar-refractivity contribution < 1.29 is 0 Å². The Kier molecular flexibility index (Phi) is 5.49. The summed E-state index contributed by atoms with van der Waals surface area (Å²) in [6.45, 7) is 7.84. The summed E-state index contributed by atoms with van der Waals surface area (Å²) in [5.74, 6) is 0.801. The van der Waals surface area contributed by atoms with E-state index in [0.29, 0.717) is 0 Å². The van der Waals surface area contributed by atoms with Crippen LogP contribution in [0.4, 0.5) is 0 Å². The molecule has 0 aromatic heterocycles. The molecular weight excluding hydrogens is 172 g/mol. The average Bonchev–Trinajstić information content (AvgIpc) is 2.45. The Balaban J connectivity index is 2.40. The summed E-state index contributed by atoms with van der Waals surface area (Å²) in [5, 5.41) is 0. The molecule has 0 radical (unpaired) electrons. The summed E-state index contributed by atoms with van der Waals surface area (Å²) >= 11 is 0. The van der Waals surface area contributed by atoms with Crippen molar-refractivity contribution >= 4 is 0 Å². The molecular formula is C12H26N2. The Bertz CT molecular complexity index is 143. The minimum Gasteiger partial charge on any atom is -0.330 e. The normalized spacial score (nSPS) is 29.1. The van der Waals surface area contributed by atoms with E-state index in [-0.39, 0.29) is 0 Å². The SMILES string of the molecule is CCN(CC)C1CCCC(CN)CC1. The third kappa shape index (κ3) is 3.25. The van der Waals surface area contributed by atoms with Gasteiger partial charge in [-0.1, -0.05) is 20.3 Å². The molecule has 2 nitrogen and oxygen atoms in total. The topological polar surface area (TPSA) is 29.3 Å². The van der Waals surface area contributed by atoms with Crippen LogP contribution in [0.15, 0.2) is 0 Å². The Morgan fingerprint density at radius 2 is 1.79 bits per heavy atom. The molecule has 1 fully saturated rings. The molecule has 0 aromatic rings. The molecule has 84 valence electrons. The van der Waals surface area contributed by atoms with Gasteiger partial charge in [0.15, 0.2) is 0 Å². The van der Waals surface area contributed by atoms with E-state index >= 15 is 0 Å². The highest BCUT2D eigenvalue weighted by Gasteiger charge is 2.21. The van der Waals surface area contributed by atoms with Crippen molar-refractivity contribution in [3.05, 3.63) is 0 Å². The number of hydrogen-bond donors (Lipinski definition) is 1. The Morgan fingerprint density at radius 1 is 1.07 bits per heavy atom. The zero-order valence-electron chi connectivity index (χ0n) is 9.84. The van der Waals surface area contributed by atoms with Crippen LogP contribution in [0.1, 0.15) is 46.0 Å². The van der Waals surface area contributed by atoms with Crippen molar-refractivity contribution in [3.8, 4) is 0 Å². The molecule has 0 aromatic carbocycles. The summed E-state index contributed by atoms with van der Waals surface area (Å²) in [7, 11) is 0. The summed E-state index contributed by atoms with van der Waals surface area (Å²) in [6.07, 6.45) is 6.83. The van der Waals surface area contributed by atoms with Gasteiger partial charge in [-0.25, -0.2) is 0 Å². The second kappa shape index (κ2) is 6.41. The fourth-order valence-electron chi connectivity index (χ4n) is 2.70. The van der Waals surface area contributed by atoms with Gasteiger partial charge in [-0.05, 0) is 51.2 Å². The van der Waals surface area contributed by atoms with Gasteiger partial charge in [0.05, 0.1) is 0 Å². The maximum atomic E-state index is 5.75. The second-order valence-corrected chi connectivity index (χ2v) is 4.49. The van der Waals surface area contributed by atoms with Gasteiger partial charge in [0.25, 0.3) is 0 Å². The van der Waals surface area contributed by atoms with E-state index in [1.165, 1.54) is 45.2 Å². The van der Waals surface area contributed by atoms with Gasteiger partial charge in [0.2, 0.25) is 0 Å². The molecule has 0 heterocycles. The van der Waals surface area contributed by atoms with Crippen molar-refractivity contribution in [1.29, 1.82) is 0 Å². The van der Waals surface area contributed by atoms with Gasteiger partial charge in [0, 0.05) is 6.04 Å². The fraction of sp³-hybridized carbons (Fsp3) is 1.00. The lowest BCUT2D eigenvalue weighted by Gasteiger charge is -2.28. The molecule has 2 heteroatoms. The van der Waals surface area contributed by atoms with Crippen LogP contribution < -0.4 is 5.73 Å². The lowest BCUT2D eigenvalue weighted by atomic mass is 10.0. The summed E-state index contributed by atoms with van der Waals surface area (Å²) in [5.41, 5.74) is 5.75. The van der Waals surface area contributed by atoms with Gasteiger partial charge < -0.3 is 10.6 Å². The second-order valence-electron chi connectivity index (χ2n) is 4.49. The highest BCUT2D eigenvalue weighted by atomic mass is 15.1. The van der Waals surface area contributed by atoms with E-state index in [1.807, 2.05) is 0 Å². The van der Waals surface area contributed by atoms with Gasteiger partial charge in [-0.2, -0.15) is 0 Å². The quantitative estimate of drug-likeness (QED) is 0.702. The lowest BCUT2D eigenvalue weighted by Crippen LogP contribution is -2.34. The predicted molar refractivity (Wildman–Crippen MR) is 62.3 cm³/mol. The van der Waals surface area contributed by atoms with Crippen molar-refractivity contribution in [3.63, 3.8) is 0 Å². The molecule has 2 unspecified atom stereocenters. The maximum Gasteiger partial charge on any atom is 0.00951 e. The molecule has 0 spiro atoms. The van der Waals surface area contributed by atoms with Crippen molar-refractivity contribution in [2.24, 2.45) is 11.7 Å². The highest BCUT2D eigenvalue weighted by molar-refractivity contribution is 4.76. The van der Waals surface area contributed by atoms with Crippen LogP contribution in [-0.4, -0.2) is 30.6 Å². The zero-order valence-corrected chi connectivity index (χ0v) is 9.84. The number of nitrogens with two attached hydrogens (primary N) is 1. The van der Waals surface area contributed by atoms with Gasteiger partial charge >= 0.3 is 0 Å². The van der Waals surface area contributed by atoms with Crippen LogP contribution in [0.25, 0.3) is 0 Å². The molecule has 2 atom stereocenters. The molecule has 14 heavy (non-hydrogen) atoms. The first-order chi connectivity index (χ1) is 6.81. The molecule has 0 saturated heterocycles. The standard InChI is InChI=1S/C12H26N2/c1-3-14(4-2)12-7-5-6-11(10-13)8-9-12/h11-12H,3-10,13H2,1-2H3. The van der Waals surface area contributed by atoms with Gasteiger partial charge in [-0.3, -0.25) is 0 Å². The molecule has 0 amide bonds. The highest BCUT2D eigenvalue weighted by Crippen LogP contribution is 2.25. The summed E-state index contributed by atoms with van der Waals surface area (Å²) in [6, 6.07) is 0.835. The van der Waals surface area contributed by atoms with Gasteiger partial charge in [-0.15, -0.1) is 0 Å². The first-order valence-corrected chi connectivity index (χ1v) is 6.25. The monoisotopic (exact) mass is 198 g/mol. The predicted octanol–water partition coefficient (Wildman–Crippen LogP) is 2.24. The van der Waals surface area contributed by atoms with Crippen LogP contribution >= 0.6 is 0 Å². The van der Waals surface area contributed by atoms with Gasteiger partial charge in [0.1, 0.15) is 0 Å². The van der Waals surface area contributed by atoms with E-state index < -0.39 is 0 Å². The summed E-state index contributed by atoms with van der Waals surface area (Å²) < 4.78 is 0. The molecule has 1 saturated carbocycles. The first kappa shape index (κ1) is 12.0. The number of hydrogen-bond acceptors (Lipinski definition) is 2. The lowest BCUT2D eigenvalue weighted by molar-refractivity contribution is 0.196. The summed E-state index contributed by atoms with van der Waals surface area (Å²) in [4.78, 5) is 2.61. The largest absolute Gasteiger partial charge is 0.330 e. The molecule has 0 aliphatic heterocycles. The van der Waals surface area contributed by atoms with Crippen LogP contribution in [0.2, 0.25) is 0 Å². The molecule has 1 aliphatic rings. The Hall–Kier alpha value is -0.0800. The number of nitrogens with zero attached hydrogens (tertiary/aromatic N) is 1. The van der Waals surface area contributed by atoms with Crippen LogP contribution in [0.5, 0.6) is 0 Å². The Morgan fingerprint density at radius 3 is 2.36 bits per heavy atom. The fourth-order valence-corrected chi connectivity index (χ4v) is 2.70. The van der Waals surface area contributed by atoms with E-state index in [9.17, 15) is 0 Å². The van der Waals surface area contributed by atoms with Crippen molar-refractivity contribution in [1.82, 2.24) is 4.90 Å². The molecule has 0 bridgehead atoms.